The Bertz CT molecular complexity index is 870. The highest BCUT2D eigenvalue weighted by Crippen LogP contribution is 2.37. The number of urea groups is 1. The minimum absolute atomic E-state index is 0.00888. The molecule has 0 saturated carbocycles. The molecule has 30 heavy (non-hydrogen) atoms. The van der Waals surface area contributed by atoms with Crippen molar-refractivity contribution in [2.45, 2.75) is 52.6 Å². The van der Waals surface area contributed by atoms with Crippen LogP contribution in [0, 0.1) is 5.92 Å². The van der Waals surface area contributed by atoms with Crippen molar-refractivity contribution in [2.75, 3.05) is 19.6 Å². The smallest absolute Gasteiger partial charge is 0.318 e. The number of benzene rings is 1. The van der Waals surface area contributed by atoms with E-state index in [1.807, 2.05) is 43.9 Å². The summed E-state index contributed by atoms with van der Waals surface area (Å²) in [4.78, 5) is 31.3. The van der Waals surface area contributed by atoms with Crippen LogP contribution in [0.3, 0.4) is 0 Å². The highest BCUT2D eigenvalue weighted by Gasteiger charge is 2.34. The van der Waals surface area contributed by atoms with Crippen molar-refractivity contribution in [3.63, 3.8) is 0 Å². The van der Waals surface area contributed by atoms with E-state index < -0.39 is 0 Å². The zero-order chi connectivity index (χ0) is 21.9. The Morgan fingerprint density at radius 2 is 1.90 bits per heavy atom. The summed E-state index contributed by atoms with van der Waals surface area (Å²) in [6.07, 6.45) is 0.862. The van der Waals surface area contributed by atoms with Gasteiger partial charge in [-0.05, 0) is 55.7 Å². The van der Waals surface area contributed by atoms with Gasteiger partial charge in [0.25, 0.3) is 0 Å². The van der Waals surface area contributed by atoms with Crippen LogP contribution in [-0.2, 0) is 11.2 Å². The van der Waals surface area contributed by atoms with E-state index in [1.165, 1.54) is 10.4 Å². The van der Waals surface area contributed by atoms with Crippen LogP contribution in [0.4, 0.5) is 4.79 Å². The molecule has 1 aliphatic rings. The molecule has 0 spiro atoms. The number of hydrogen-bond acceptors (Lipinski definition) is 3. The standard InChI is InChI=1S/C24H33N3O2S/c1-17(2)15-26(23(29)25-24(3,4)5)16-21(28)27-13-11-20-19(12-14-30-20)22(27)18-9-7-6-8-10-18/h6-10,12,14,17,22H,11,13,15-16H2,1-5H3,(H,25,29)/t22-/m1/s1. The molecule has 0 radical (unpaired) electrons. The van der Waals surface area contributed by atoms with Crippen LogP contribution in [0.25, 0.3) is 0 Å². The second-order valence-corrected chi connectivity index (χ2v) is 10.4. The largest absolute Gasteiger partial charge is 0.333 e. The van der Waals surface area contributed by atoms with Gasteiger partial charge < -0.3 is 15.1 Å². The molecule has 2 aromatic rings. The summed E-state index contributed by atoms with van der Waals surface area (Å²) < 4.78 is 0. The molecule has 1 aliphatic heterocycles. The number of nitrogens with one attached hydrogen (secondary N) is 1. The van der Waals surface area contributed by atoms with E-state index >= 15 is 0 Å². The van der Waals surface area contributed by atoms with E-state index in [0.717, 1.165) is 12.0 Å². The second kappa shape index (κ2) is 9.21. The lowest BCUT2D eigenvalue weighted by Gasteiger charge is -2.38. The Balaban J connectivity index is 1.85. The molecule has 5 nitrogen and oxygen atoms in total. The van der Waals surface area contributed by atoms with E-state index in [2.05, 4.69) is 42.7 Å². The number of fused-ring (bicyclic) bond motifs is 1. The van der Waals surface area contributed by atoms with Gasteiger partial charge in [0, 0.05) is 23.5 Å². The first kappa shape index (κ1) is 22.3. The van der Waals surface area contributed by atoms with Gasteiger partial charge in [0.15, 0.2) is 0 Å². The lowest BCUT2D eigenvalue weighted by atomic mass is 9.93. The number of rotatable bonds is 5. The molecule has 1 N–H and O–H groups in total. The van der Waals surface area contributed by atoms with Gasteiger partial charge >= 0.3 is 6.03 Å². The minimum Gasteiger partial charge on any atom is -0.333 e. The fourth-order valence-electron chi connectivity index (χ4n) is 3.89. The molecule has 0 bridgehead atoms. The van der Waals surface area contributed by atoms with Crippen molar-refractivity contribution in [2.24, 2.45) is 5.92 Å². The molecule has 162 valence electrons. The molecule has 0 fully saturated rings. The SMILES string of the molecule is CC(C)CN(CC(=O)N1CCc2sccc2[C@H]1c1ccccc1)C(=O)NC(C)(C)C. The highest BCUT2D eigenvalue weighted by molar-refractivity contribution is 7.10. The number of hydrogen-bond donors (Lipinski definition) is 1. The van der Waals surface area contributed by atoms with E-state index in [9.17, 15) is 9.59 Å². The Hall–Kier alpha value is -2.34. The summed E-state index contributed by atoms with van der Waals surface area (Å²) in [5.41, 5.74) is 1.97. The minimum atomic E-state index is -0.349. The van der Waals surface area contributed by atoms with Crippen molar-refractivity contribution in [3.05, 3.63) is 57.8 Å². The fraction of sp³-hybridized carbons (Fsp3) is 0.500. The Kier molecular flexibility index (Phi) is 6.86. The molecule has 3 amide bonds. The van der Waals surface area contributed by atoms with Crippen LogP contribution in [-0.4, -0.2) is 46.9 Å². The van der Waals surface area contributed by atoms with Crippen molar-refractivity contribution in [1.82, 2.24) is 15.1 Å². The van der Waals surface area contributed by atoms with Gasteiger partial charge in [0.05, 0.1) is 6.04 Å². The van der Waals surface area contributed by atoms with Crippen LogP contribution in [0.2, 0.25) is 0 Å². The zero-order valence-electron chi connectivity index (χ0n) is 18.6. The van der Waals surface area contributed by atoms with Gasteiger partial charge in [0.2, 0.25) is 5.91 Å². The average Bonchev–Trinajstić information content (AvgIpc) is 3.14. The first-order valence-corrected chi connectivity index (χ1v) is 11.5. The third kappa shape index (κ3) is 5.42. The summed E-state index contributed by atoms with van der Waals surface area (Å²) >= 11 is 1.76. The molecule has 2 heterocycles. The third-order valence-electron chi connectivity index (χ3n) is 5.08. The molecule has 1 aromatic heterocycles. The Labute approximate surface area is 184 Å². The number of amides is 3. The van der Waals surface area contributed by atoms with Crippen molar-refractivity contribution in [3.8, 4) is 0 Å². The summed E-state index contributed by atoms with van der Waals surface area (Å²) in [6, 6.07) is 12.0. The monoisotopic (exact) mass is 427 g/mol. The lowest BCUT2D eigenvalue weighted by molar-refractivity contribution is -0.134. The summed E-state index contributed by atoms with van der Waals surface area (Å²) in [5, 5.41) is 5.11. The number of carbonyl (C=O) groups excluding carboxylic acids is 2. The quantitative estimate of drug-likeness (QED) is 0.753. The van der Waals surface area contributed by atoms with E-state index in [4.69, 9.17) is 0 Å². The van der Waals surface area contributed by atoms with E-state index in [0.29, 0.717) is 13.1 Å². The molecule has 1 aromatic carbocycles. The predicted molar refractivity (Wildman–Crippen MR) is 123 cm³/mol. The number of nitrogens with zero attached hydrogens (tertiary/aromatic N) is 2. The van der Waals surface area contributed by atoms with Crippen LogP contribution < -0.4 is 5.32 Å². The molecule has 1 atom stereocenters. The molecule has 0 unspecified atom stereocenters. The molecular weight excluding hydrogens is 394 g/mol. The number of thiophene rings is 1. The third-order valence-corrected chi connectivity index (χ3v) is 6.08. The maximum Gasteiger partial charge on any atom is 0.318 e. The molecule has 3 rings (SSSR count). The maximum absolute atomic E-state index is 13.5. The summed E-state index contributed by atoms with van der Waals surface area (Å²) in [7, 11) is 0. The van der Waals surface area contributed by atoms with Crippen LogP contribution in [0.5, 0.6) is 0 Å². The van der Waals surface area contributed by atoms with Gasteiger partial charge in [-0.15, -0.1) is 11.3 Å². The average molecular weight is 428 g/mol. The first-order valence-electron chi connectivity index (χ1n) is 10.6. The molecular formula is C24H33N3O2S. The highest BCUT2D eigenvalue weighted by atomic mass is 32.1. The maximum atomic E-state index is 13.5. The zero-order valence-corrected chi connectivity index (χ0v) is 19.5. The predicted octanol–water partition coefficient (Wildman–Crippen LogP) is 4.69. The number of carbonyl (C=O) groups is 2. The fourth-order valence-corrected chi connectivity index (χ4v) is 4.80. The van der Waals surface area contributed by atoms with Gasteiger partial charge in [-0.2, -0.15) is 0 Å². The van der Waals surface area contributed by atoms with Gasteiger partial charge in [0.1, 0.15) is 6.54 Å². The lowest BCUT2D eigenvalue weighted by Crippen LogP contribution is -2.53. The topological polar surface area (TPSA) is 52.7 Å². The summed E-state index contributed by atoms with van der Waals surface area (Å²) in [6.45, 7) is 11.3. The van der Waals surface area contributed by atoms with E-state index in [1.54, 1.807) is 16.2 Å². The van der Waals surface area contributed by atoms with Gasteiger partial charge in [-0.25, -0.2) is 4.79 Å². The normalized spacial score (nSPS) is 16.3. The van der Waals surface area contributed by atoms with Crippen LogP contribution >= 0.6 is 11.3 Å². The second-order valence-electron chi connectivity index (χ2n) is 9.40. The molecule has 0 saturated heterocycles. The van der Waals surface area contributed by atoms with Crippen molar-refractivity contribution in [1.29, 1.82) is 0 Å². The molecule has 0 aliphatic carbocycles. The van der Waals surface area contributed by atoms with Gasteiger partial charge in [-0.3, -0.25) is 4.79 Å². The van der Waals surface area contributed by atoms with Gasteiger partial charge in [-0.1, -0.05) is 44.2 Å². The molecule has 6 heteroatoms. The van der Waals surface area contributed by atoms with Crippen molar-refractivity contribution < 1.29 is 9.59 Å². The van der Waals surface area contributed by atoms with Crippen LogP contribution in [0.15, 0.2) is 41.8 Å². The summed E-state index contributed by atoms with van der Waals surface area (Å²) in [5.74, 6) is 0.267. The van der Waals surface area contributed by atoms with Crippen molar-refractivity contribution >= 4 is 23.3 Å². The Morgan fingerprint density at radius 1 is 1.20 bits per heavy atom. The van der Waals surface area contributed by atoms with Crippen LogP contribution in [0.1, 0.15) is 56.7 Å². The van der Waals surface area contributed by atoms with E-state index in [-0.39, 0.29) is 36.0 Å². The Morgan fingerprint density at radius 3 is 2.53 bits per heavy atom. The first-order chi connectivity index (χ1) is 14.2.